The number of Topliss-reactive ketones (excluding diaryl/α,β-unsaturated/α-hetero) is 1. The van der Waals surface area contributed by atoms with Crippen LogP contribution >= 0.6 is 0 Å². The van der Waals surface area contributed by atoms with E-state index in [1.54, 1.807) is 6.92 Å². The van der Waals surface area contributed by atoms with Crippen molar-refractivity contribution in [2.75, 3.05) is 6.61 Å². The molecule has 0 spiro atoms. The van der Waals surface area contributed by atoms with Gasteiger partial charge in [-0.2, -0.15) is 0 Å². The summed E-state index contributed by atoms with van der Waals surface area (Å²) in [5.41, 5.74) is 11.2. The first-order valence-electron chi connectivity index (χ1n) is 12.5. The number of ketones is 1. The summed E-state index contributed by atoms with van der Waals surface area (Å²) in [5, 5.41) is 1.27. The standard InChI is InChI=1S/C31H36N2O2/c1-20-17-26(18-21(2)24(20)5)35-16-8-11-28-25(6)33(15-13-23(4)34)31-29(9-7-10-30(28)31)27-12-14-32-19-22(27)3/h7,9-10,12,14,17-19H,8,11,13,15-16H2,1-6H3. The summed E-state index contributed by atoms with van der Waals surface area (Å²) in [6.45, 7) is 13.7. The molecule has 0 atom stereocenters. The van der Waals surface area contributed by atoms with Crippen molar-refractivity contribution in [3.63, 3.8) is 0 Å². The Balaban J connectivity index is 1.65. The van der Waals surface area contributed by atoms with E-state index in [9.17, 15) is 4.79 Å². The molecule has 0 aliphatic carbocycles. The summed E-state index contributed by atoms with van der Waals surface area (Å²) in [5.74, 6) is 1.16. The van der Waals surface area contributed by atoms with Crippen molar-refractivity contribution in [2.24, 2.45) is 0 Å². The number of fused-ring (bicyclic) bond motifs is 1. The number of carbonyl (C=O) groups excluding carboxylic acids is 1. The van der Waals surface area contributed by atoms with E-state index >= 15 is 0 Å². The Hall–Kier alpha value is -3.40. The maximum atomic E-state index is 11.9. The molecule has 0 amide bonds. The molecule has 2 heterocycles. The highest BCUT2D eigenvalue weighted by atomic mass is 16.5. The summed E-state index contributed by atoms with van der Waals surface area (Å²) in [6.07, 6.45) is 6.15. The first kappa shape index (κ1) is 24.7. The Morgan fingerprint density at radius 2 is 1.71 bits per heavy atom. The molecule has 2 aromatic heterocycles. The number of nitrogens with zero attached hydrogens (tertiary/aromatic N) is 2. The highest BCUT2D eigenvalue weighted by molar-refractivity contribution is 5.98. The number of pyridine rings is 1. The molecule has 0 fully saturated rings. The zero-order chi connectivity index (χ0) is 25.1. The van der Waals surface area contributed by atoms with E-state index in [-0.39, 0.29) is 5.78 Å². The van der Waals surface area contributed by atoms with Crippen molar-refractivity contribution in [1.82, 2.24) is 9.55 Å². The zero-order valence-corrected chi connectivity index (χ0v) is 21.9. The van der Waals surface area contributed by atoms with Gasteiger partial charge >= 0.3 is 0 Å². The molecule has 0 aliphatic rings. The molecule has 0 aliphatic heterocycles. The fraction of sp³-hybridized carbons (Fsp3) is 0.355. The van der Waals surface area contributed by atoms with Gasteiger partial charge in [0.1, 0.15) is 11.5 Å². The first-order valence-corrected chi connectivity index (χ1v) is 12.5. The molecule has 0 saturated heterocycles. The lowest BCUT2D eigenvalue weighted by Gasteiger charge is -2.12. The summed E-state index contributed by atoms with van der Waals surface area (Å²) < 4.78 is 8.47. The predicted octanol–water partition coefficient (Wildman–Crippen LogP) is 7.24. The van der Waals surface area contributed by atoms with Crippen LogP contribution in [-0.4, -0.2) is 21.9 Å². The Kier molecular flexibility index (Phi) is 7.39. The molecule has 182 valence electrons. The van der Waals surface area contributed by atoms with Gasteiger partial charge < -0.3 is 9.30 Å². The summed E-state index contributed by atoms with van der Waals surface area (Å²) in [7, 11) is 0. The van der Waals surface area contributed by atoms with Gasteiger partial charge in [-0.25, -0.2) is 0 Å². The first-order chi connectivity index (χ1) is 16.8. The minimum Gasteiger partial charge on any atom is -0.494 e. The maximum Gasteiger partial charge on any atom is 0.131 e. The van der Waals surface area contributed by atoms with Gasteiger partial charge in [0.05, 0.1) is 12.1 Å². The van der Waals surface area contributed by atoms with Gasteiger partial charge in [-0.05, 0) is 106 Å². The van der Waals surface area contributed by atoms with Crippen LogP contribution in [0.5, 0.6) is 5.75 Å². The minimum absolute atomic E-state index is 0.211. The third-order valence-corrected chi connectivity index (χ3v) is 7.21. The van der Waals surface area contributed by atoms with E-state index in [4.69, 9.17) is 4.74 Å². The molecule has 0 radical (unpaired) electrons. The average molecular weight is 469 g/mol. The predicted molar refractivity (Wildman–Crippen MR) is 144 cm³/mol. The average Bonchev–Trinajstić information content (AvgIpc) is 3.10. The topological polar surface area (TPSA) is 44.1 Å². The van der Waals surface area contributed by atoms with Crippen LogP contribution in [0, 0.1) is 34.6 Å². The third-order valence-electron chi connectivity index (χ3n) is 7.21. The molecule has 35 heavy (non-hydrogen) atoms. The second-order valence-electron chi connectivity index (χ2n) is 9.69. The van der Waals surface area contributed by atoms with Crippen molar-refractivity contribution in [1.29, 1.82) is 0 Å². The molecule has 2 aromatic carbocycles. The molecule has 4 rings (SSSR count). The number of carbonyl (C=O) groups is 1. The van der Waals surface area contributed by atoms with E-state index < -0.39 is 0 Å². The number of para-hydroxylation sites is 1. The van der Waals surface area contributed by atoms with Crippen LogP contribution in [0.1, 0.15) is 53.3 Å². The normalized spacial score (nSPS) is 11.3. The van der Waals surface area contributed by atoms with Crippen LogP contribution in [0.2, 0.25) is 0 Å². The van der Waals surface area contributed by atoms with Crippen LogP contribution < -0.4 is 4.74 Å². The largest absolute Gasteiger partial charge is 0.494 e. The van der Waals surface area contributed by atoms with Gasteiger partial charge in [-0.3, -0.25) is 9.78 Å². The van der Waals surface area contributed by atoms with Crippen molar-refractivity contribution in [2.45, 2.75) is 67.3 Å². The highest BCUT2D eigenvalue weighted by Gasteiger charge is 2.18. The number of hydrogen-bond donors (Lipinski definition) is 0. The van der Waals surface area contributed by atoms with Crippen molar-refractivity contribution < 1.29 is 9.53 Å². The number of aryl methyl sites for hydroxylation is 5. The molecule has 0 unspecified atom stereocenters. The number of benzene rings is 2. The Bertz CT molecular complexity index is 1360. The van der Waals surface area contributed by atoms with Crippen LogP contribution in [-0.2, 0) is 17.8 Å². The second kappa shape index (κ2) is 10.5. The smallest absolute Gasteiger partial charge is 0.131 e. The number of rotatable bonds is 9. The zero-order valence-electron chi connectivity index (χ0n) is 21.9. The fourth-order valence-corrected chi connectivity index (χ4v) is 4.98. The number of ether oxygens (including phenoxy) is 1. The van der Waals surface area contributed by atoms with Crippen molar-refractivity contribution >= 4 is 16.7 Å². The lowest BCUT2D eigenvalue weighted by molar-refractivity contribution is -0.117. The van der Waals surface area contributed by atoms with Gasteiger partial charge in [0.15, 0.2) is 0 Å². The number of aromatic nitrogens is 2. The fourth-order valence-electron chi connectivity index (χ4n) is 4.98. The van der Waals surface area contributed by atoms with E-state index in [2.05, 4.69) is 80.6 Å². The SMILES string of the molecule is CC(=O)CCn1c(C)c(CCCOc2cc(C)c(C)c(C)c2)c2cccc(-c3ccncc3C)c21. The molecule has 0 saturated carbocycles. The van der Waals surface area contributed by atoms with Crippen LogP contribution in [0.15, 0.2) is 48.8 Å². The highest BCUT2D eigenvalue weighted by Crippen LogP contribution is 2.36. The van der Waals surface area contributed by atoms with E-state index in [0.29, 0.717) is 19.6 Å². The van der Waals surface area contributed by atoms with Gasteiger partial charge in [0.25, 0.3) is 0 Å². The monoisotopic (exact) mass is 468 g/mol. The summed E-state index contributed by atoms with van der Waals surface area (Å²) in [6, 6.07) is 12.9. The lowest BCUT2D eigenvalue weighted by Crippen LogP contribution is -2.06. The van der Waals surface area contributed by atoms with Crippen molar-refractivity contribution in [3.8, 4) is 16.9 Å². The van der Waals surface area contributed by atoms with Gasteiger partial charge in [0, 0.05) is 42.0 Å². The third kappa shape index (κ3) is 5.17. The summed E-state index contributed by atoms with van der Waals surface area (Å²) >= 11 is 0. The van der Waals surface area contributed by atoms with Crippen LogP contribution in [0.4, 0.5) is 0 Å². The Morgan fingerprint density at radius 1 is 0.971 bits per heavy atom. The lowest BCUT2D eigenvalue weighted by atomic mass is 9.98. The molecule has 0 bridgehead atoms. The Labute approximate surface area is 209 Å². The van der Waals surface area contributed by atoms with Crippen molar-refractivity contribution in [3.05, 3.63) is 82.3 Å². The van der Waals surface area contributed by atoms with Gasteiger partial charge in [-0.1, -0.05) is 18.2 Å². The quantitative estimate of drug-likeness (QED) is 0.243. The molecule has 4 nitrogen and oxygen atoms in total. The Morgan fingerprint density at radius 3 is 2.40 bits per heavy atom. The maximum absolute atomic E-state index is 11.9. The van der Waals surface area contributed by atoms with E-state index in [1.165, 1.54) is 50.0 Å². The van der Waals surface area contributed by atoms with E-state index in [0.717, 1.165) is 24.2 Å². The molecular formula is C31H36N2O2. The second-order valence-corrected chi connectivity index (χ2v) is 9.69. The molecule has 0 N–H and O–H groups in total. The van der Waals surface area contributed by atoms with Crippen LogP contribution in [0.3, 0.4) is 0 Å². The van der Waals surface area contributed by atoms with Gasteiger partial charge in [0.2, 0.25) is 0 Å². The minimum atomic E-state index is 0.211. The molecule has 4 aromatic rings. The van der Waals surface area contributed by atoms with E-state index in [1.807, 2.05) is 12.4 Å². The molecule has 4 heteroatoms. The van der Waals surface area contributed by atoms with Crippen LogP contribution in [0.25, 0.3) is 22.0 Å². The van der Waals surface area contributed by atoms with Gasteiger partial charge in [-0.15, -0.1) is 0 Å². The summed E-state index contributed by atoms with van der Waals surface area (Å²) in [4.78, 5) is 16.1. The molecular weight excluding hydrogens is 432 g/mol. The number of hydrogen-bond acceptors (Lipinski definition) is 3.